The summed E-state index contributed by atoms with van der Waals surface area (Å²) >= 11 is 17.0. The zero-order valence-electron chi connectivity index (χ0n) is 8.09. The standard InChI is InChI=1S/C9H4Cl3FN4/c10-4-1-2-5(13)6(3-4)14-8-7(11)16-17-9(12)15-8/h1-3H,(H,14,15,17). The van der Waals surface area contributed by atoms with E-state index < -0.39 is 5.82 Å². The molecule has 0 fully saturated rings. The number of nitrogens with zero attached hydrogens (tertiary/aromatic N) is 3. The predicted octanol–water partition coefficient (Wildman–Crippen LogP) is 3.71. The van der Waals surface area contributed by atoms with Crippen LogP contribution in [0.15, 0.2) is 18.2 Å². The molecule has 88 valence electrons. The Morgan fingerprint density at radius 1 is 1.12 bits per heavy atom. The first-order chi connectivity index (χ1) is 8.06. The summed E-state index contributed by atoms with van der Waals surface area (Å²) in [4.78, 5) is 3.78. The molecule has 4 nitrogen and oxygen atoms in total. The Labute approximate surface area is 111 Å². The number of hydrogen-bond donors (Lipinski definition) is 1. The fourth-order valence-electron chi connectivity index (χ4n) is 1.09. The molecule has 0 aliphatic rings. The molecule has 0 amide bonds. The van der Waals surface area contributed by atoms with Crippen LogP contribution in [0, 0.1) is 5.82 Å². The van der Waals surface area contributed by atoms with Gasteiger partial charge in [-0.25, -0.2) is 4.39 Å². The summed E-state index contributed by atoms with van der Waals surface area (Å²) in [7, 11) is 0. The number of rotatable bonds is 2. The van der Waals surface area contributed by atoms with Crippen LogP contribution < -0.4 is 5.32 Å². The van der Waals surface area contributed by atoms with Crippen molar-refractivity contribution in [2.75, 3.05) is 5.32 Å². The average molecular weight is 294 g/mol. The van der Waals surface area contributed by atoms with Crippen molar-refractivity contribution < 1.29 is 4.39 Å². The van der Waals surface area contributed by atoms with E-state index in [1.165, 1.54) is 18.2 Å². The van der Waals surface area contributed by atoms with Gasteiger partial charge in [-0.05, 0) is 29.8 Å². The molecule has 0 bridgehead atoms. The second-order valence-electron chi connectivity index (χ2n) is 2.97. The highest BCUT2D eigenvalue weighted by Crippen LogP contribution is 2.25. The Bertz CT molecular complexity index is 514. The van der Waals surface area contributed by atoms with Gasteiger partial charge in [0, 0.05) is 5.02 Å². The minimum atomic E-state index is -0.500. The summed E-state index contributed by atoms with van der Waals surface area (Å²) in [5, 5.41) is 9.85. The van der Waals surface area contributed by atoms with Crippen molar-refractivity contribution in [3.8, 4) is 0 Å². The topological polar surface area (TPSA) is 50.7 Å². The summed E-state index contributed by atoms with van der Waals surface area (Å²) < 4.78 is 13.4. The molecule has 1 aromatic heterocycles. The quantitative estimate of drug-likeness (QED) is 0.917. The molecule has 1 heterocycles. The zero-order chi connectivity index (χ0) is 12.4. The van der Waals surface area contributed by atoms with Crippen LogP contribution in [0.1, 0.15) is 0 Å². The number of aromatic nitrogens is 3. The van der Waals surface area contributed by atoms with E-state index in [0.717, 1.165) is 0 Å². The second-order valence-corrected chi connectivity index (χ2v) is 4.10. The van der Waals surface area contributed by atoms with Crippen molar-refractivity contribution in [2.24, 2.45) is 0 Å². The Kier molecular flexibility index (Phi) is 3.61. The van der Waals surface area contributed by atoms with Crippen molar-refractivity contribution in [2.45, 2.75) is 0 Å². The maximum absolute atomic E-state index is 13.4. The van der Waals surface area contributed by atoms with Crippen LogP contribution >= 0.6 is 34.8 Å². The van der Waals surface area contributed by atoms with E-state index >= 15 is 0 Å². The Morgan fingerprint density at radius 2 is 1.88 bits per heavy atom. The van der Waals surface area contributed by atoms with Gasteiger partial charge in [0.1, 0.15) is 5.82 Å². The molecule has 0 saturated carbocycles. The minimum absolute atomic E-state index is 0.0197. The third-order valence-electron chi connectivity index (χ3n) is 1.80. The first-order valence-electron chi connectivity index (χ1n) is 4.34. The molecule has 0 spiro atoms. The van der Waals surface area contributed by atoms with E-state index in [0.29, 0.717) is 5.02 Å². The van der Waals surface area contributed by atoms with Crippen molar-refractivity contribution >= 4 is 46.3 Å². The van der Waals surface area contributed by atoms with Gasteiger partial charge in [-0.15, -0.1) is 10.2 Å². The molecule has 0 aliphatic carbocycles. The molecule has 0 aliphatic heterocycles. The Morgan fingerprint density at radius 3 is 2.65 bits per heavy atom. The molecule has 1 aromatic carbocycles. The lowest BCUT2D eigenvalue weighted by Crippen LogP contribution is -2.00. The first kappa shape index (κ1) is 12.3. The molecule has 8 heteroatoms. The van der Waals surface area contributed by atoms with Crippen LogP contribution in [0.5, 0.6) is 0 Å². The number of benzene rings is 1. The maximum atomic E-state index is 13.4. The second kappa shape index (κ2) is 5.00. The van der Waals surface area contributed by atoms with Gasteiger partial charge in [-0.3, -0.25) is 0 Å². The summed E-state index contributed by atoms with van der Waals surface area (Å²) in [6.07, 6.45) is 0. The molecule has 1 N–H and O–H groups in total. The van der Waals surface area contributed by atoms with Crippen LogP contribution in [0.25, 0.3) is 0 Å². The SMILES string of the molecule is Fc1ccc(Cl)cc1Nc1nc(Cl)nnc1Cl. The van der Waals surface area contributed by atoms with Gasteiger partial charge < -0.3 is 5.32 Å². The highest BCUT2D eigenvalue weighted by molar-refractivity contribution is 6.32. The van der Waals surface area contributed by atoms with Gasteiger partial charge in [-0.2, -0.15) is 4.98 Å². The molecule has 0 atom stereocenters. The number of anilines is 2. The fourth-order valence-corrected chi connectivity index (χ4v) is 1.52. The molecule has 17 heavy (non-hydrogen) atoms. The molecule has 2 rings (SSSR count). The number of nitrogens with one attached hydrogen (secondary N) is 1. The lowest BCUT2D eigenvalue weighted by Gasteiger charge is -2.07. The molecular formula is C9H4Cl3FN4. The van der Waals surface area contributed by atoms with E-state index in [1.807, 2.05) is 0 Å². The van der Waals surface area contributed by atoms with E-state index in [9.17, 15) is 4.39 Å². The first-order valence-corrected chi connectivity index (χ1v) is 5.47. The molecule has 0 unspecified atom stereocenters. The zero-order valence-corrected chi connectivity index (χ0v) is 10.4. The lowest BCUT2D eigenvalue weighted by molar-refractivity contribution is 0.632. The molecular weight excluding hydrogens is 289 g/mol. The van der Waals surface area contributed by atoms with Gasteiger partial charge in [0.15, 0.2) is 11.0 Å². The van der Waals surface area contributed by atoms with Gasteiger partial charge in [-0.1, -0.05) is 23.2 Å². The Balaban J connectivity index is 2.37. The van der Waals surface area contributed by atoms with Crippen LogP contribution in [0.4, 0.5) is 15.9 Å². The fraction of sp³-hybridized carbons (Fsp3) is 0. The number of hydrogen-bond acceptors (Lipinski definition) is 4. The highest BCUT2D eigenvalue weighted by Gasteiger charge is 2.09. The monoisotopic (exact) mass is 292 g/mol. The van der Waals surface area contributed by atoms with Gasteiger partial charge in [0.2, 0.25) is 5.28 Å². The third-order valence-corrected chi connectivity index (χ3v) is 2.45. The van der Waals surface area contributed by atoms with Gasteiger partial charge >= 0.3 is 0 Å². The summed E-state index contributed by atoms with van der Waals surface area (Å²) in [5.41, 5.74) is 0.121. The summed E-state index contributed by atoms with van der Waals surface area (Å²) in [5.74, 6) is -0.395. The third kappa shape index (κ3) is 2.94. The van der Waals surface area contributed by atoms with E-state index in [1.54, 1.807) is 0 Å². The Hall–Kier alpha value is -1.17. The van der Waals surface area contributed by atoms with Crippen molar-refractivity contribution in [1.29, 1.82) is 0 Å². The smallest absolute Gasteiger partial charge is 0.245 e. The molecule has 0 radical (unpaired) electrons. The summed E-state index contributed by atoms with van der Waals surface area (Å²) in [6, 6.07) is 4.03. The van der Waals surface area contributed by atoms with Gasteiger partial charge in [0.25, 0.3) is 0 Å². The van der Waals surface area contributed by atoms with Crippen LogP contribution in [0.3, 0.4) is 0 Å². The van der Waals surface area contributed by atoms with Crippen LogP contribution in [-0.2, 0) is 0 Å². The van der Waals surface area contributed by atoms with Crippen molar-refractivity contribution in [1.82, 2.24) is 15.2 Å². The van der Waals surface area contributed by atoms with E-state index in [2.05, 4.69) is 20.5 Å². The van der Waals surface area contributed by atoms with Crippen molar-refractivity contribution in [3.63, 3.8) is 0 Å². The molecule has 0 saturated heterocycles. The largest absolute Gasteiger partial charge is 0.335 e. The highest BCUT2D eigenvalue weighted by atomic mass is 35.5. The number of halogens is 4. The summed E-state index contributed by atoms with van der Waals surface area (Å²) in [6.45, 7) is 0. The van der Waals surface area contributed by atoms with E-state index in [-0.39, 0.29) is 21.9 Å². The normalized spacial score (nSPS) is 10.4. The van der Waals surface area contributed by atoms with Crippen LogP contribution in [-0.4, -0.2) is 15.2 Å². The maximum Gasteiger partial charge on any atom is 0.245 e. The predicted molar refractivity (Wildman–Crippen MR) is 64.5 cm³/mol. The van der Waals surface area contributed by atoms with Crippen molar-refractivity contribution in [3.05, 3.63) is 39.5 Å². The van der Waals surface area contributed by atoms with Gasteiger partial charge in [0.05, 0.1) is 5.69 Å². The molecule has 2 aromatic rings. The minimum Gasteiger partial charge on any atom is -0.335 e. The lowest BCUT2D eigenvalue weighted by atomic mass is 10.3. The van der Waals surface area contributed by atoms with Crippen LogP contribution in [0.2, 0.25) is 15.5 Å². The van der Waals surface area contributed by atoms with E-state index in [4.69, 9.17) is 34.8 Å². The average Bonchev–Trinajstić information content (AvgIpc) is 2.28.